The van der Waals surface area contributed by atoms with Gasteiger partial charge in [0.05, 0.1) is 5.69 Å². The number of hydrogen-bond donors (Lipinski definition) is 1. The largest absolute Gasteiger partial charge is 0.499 e. The minimum Gasteiger partial charge on any atom is -0.423 e. The molecule has 1 N–H and O–H groups in total. The zero-order chi connectivity index (χ0) is 27.3. The second-order valence-electron chi connectivity index (χ2n) is 8.61. The Morgan fingerprint density at radius 3 is 2.42 bits per heavy atom. The molecule has 1 saturated heterocycles. The number of anilines is 1. The summed E-state index contributed by atoms with van der Waals surface area (Å²) in [7, 11) is 0. The fourth-order valence-corrected chi connectivity index (χ4v) is 4.04. The van der Waals surface area contributed by atoms with E-state index in [-0.39, 0.29) is 11.6 Å². The van der Waals surface area contributed by atoms with Gasteiger partial charge in [-0.05, 0) is 25.1 Å². The van der Waals surface area contributed by atoms with Gasteiger partial charge in [-0.15, -0.1) is 0 Å². The molecule has 1 aromatic heterocycles. The summed E-state index contributed by atoms with van der Waals surface area (Å²) in [6.07, 6.45) is -9.51. The Morgan fingerprint density at radius 1 is 1.03 bits per heavy atom. The number of piperazine rings is 1. The van der Waals surface area contributed by atoms with Gasteiger partial charge in [0.1, 0.15) is 23.3 Å². The number of carbonyl (C=O) groups excluding carboxylic acids is 1. The van der Waals surface area contributed by atoms with Gasteiger partial charge in [-0.2, -0.15) is 22.0 Å². The molecule has 1 fully saturated rings. The van der Waals surface area contributed by atoms with Crippen LogP contribution in [0.5, 0.6) is 5.75 Å². The van der Waals surface area contributed by atoms with E-state index in [2.05, 4.69) is 20.1 Å². The highest BCUT2D eigenvalue weighted by Gasteiger charge is 2.61. The number of ether oxygens (including phenoxy) is 1. The quantitative estimate of drug-likeness (QED) is 0.305. The molecule has 0 radical (unpaired) electrons. The molecule has 1 aliphatic rings. The van der Waals surface area contributed by atoms with E-state index in [0.717, 1.165) is 17.7 Å². The average Bonchev–Trinajstić information content (AvgIpc) is 3.37. The number of alkyl halides is 5. The van der Waals surface area contributed by atoms with Crippen LogP contribution < -0.4 is 15.0 Å². The summed E-state index contributed by atoms with van der Waals surface area (Å²) >= 11 is 0. The van der Waals surface area contributed by atoms with Gasteiger partial charge in [-0.1, -0.05) is 35.5 Å². The van der Waals surface area contributed by atoms with Gasteiger partial charge in [0.25, 0.3) is 5.91 Å². The summed E-state index contributed by atoms with van der Waals surface area (Å²) in [5, 5.41) is 6.73. The molecule has 0 saturated carbocycles. The van der Waals surface area contributed by atoms with E-state index in [4.69, 9.17) is 4.52 Å². The van der Waals surface area contributed by atoms with E-state index in [1.807, 2.05) is 30.3 Å². The Kier molecular flexibility index (Phi) is 8.14. The van der Waals surface area contributed by atoms with E-state index in [1.54, 1.807) is 4.90 Å². The van der Waals surface area contributed by atoms with E-state index in [9.17, 15) is 31.1 Å². The molecule has 4 rings (SSSR count). The number of amides is 1. The molecule has 0 aliphatic carbocycles. The van der Waals surface area contributed by atoms with Gasteiger partial charge in [0, 0.05) is 44.4 Å². The average molecular weight is 542 g/mol. The third-order valence-electron chi connectivity index (χ3n) is 6.00. The first kappa shape index (κ1) is 27.3. The van der Waals surface area contributed by atoms with Crippen molar-refractivity contribution in [1.29, 1.82) is 0 Å². The third-order valence-corrected chi connectivity index (χ3v) is 6.00. The van der Waals surface area contributed by atoms with E-state index in [1.165, 1.54) is 6.26 Å². The van der Waals surface area contributed by atoms with Crippen LogP contribution in [0.15, 0.2) is 59.3 Å². The van der Waals surface area contributed by atoms with Gasteiger partial charge >= 0.3 is 12.3 Å². The Morgan fingerprint density at radius 2 is 1.74 bits per heavy atom. The van der Waals surface area contributed by atoms with Gasteiger partial charge in [0.2, 0.25) is 0 Å². The number of nitrogens with zero attached hydrogens (tertiary/aromatic N) is 3. The van der Waals surface area contributed by atoms with Crippen molar-refractivity contribution in [2.75, 3.05) is 44.2 Å². The first-order valence-electron chi connectivity index (χ1n) is 11.7. The molecule has 7 nitrogen and oxygen atoms in total. The molecule has 0 atom stereocenters. The summed E-state index contributed by atoms with van der Waals surface area (Å²) in [4.78, 5) is 16.2. The number of carbonyl (C=O) groups is 1. The molecule has 13 heteroatoms. The zero-order valence-corrected chi connectivity index (χ0v) is 20.0. The molecule has 2 aromatic carbocycles. The molecule has 38 heavy (non-hydrogen) atoms. The second-order valence-corrected chi connectivity index (χ2v) is 8.61. The molecule has 2 heterocycles. The van der Waals surface area contributed by atoms with Gasteiger partial charge < -0.3 is 19.5 Å². The summed E-state index contributed by atoms with van der Waals surface area (Å²) in [5.41, 5.74) is 1.46. The number of nitrogens with one attached hydrogen (secondary N) is 1. The normalized spacial score (nSPS) is 14.9. The van der Waals surface area contributed by atoms with Gasteiger partial charge in [-0.3, -0.25) is 9.69 Å². The smallest absolute Gasteiger partial charge is 0.423 e. The van der Waals surface area contributed by atoms with Crippen LogP contribution in [0, 0.1) is 5.82 Å². The molecule has 0 bridgehead atoms. The number of benzene rings is 2. The van der Waals surface area contributed by atoms with Crippen LogP contribution in [-0.4, -0.2) is 67.5 Å². The number of hydrogen-bond acceptors (Lipinski definition) is 6. The van der Waals surface area contributed by atoms with Crippen molar-refractivity contribution in [1.82, 2.24) is 15.4 Å². The lowest BCUT2D eigenvalue weighted by Gasteiger charge is -2.37. The van der Waals surface area contributed by atoms with Crippen LogP contribution in [-0.2, 0) is 0 Å². The van der Waals surface area contributed by atoms with Crippen LogP contribution in [0.25, 0.3) is 11.3 Å². The summed E-state index contributed by atoms with van der Waals surface area (Å²) in [5.74, 6) is -2.20. The zero-order valence-electron chi connectivity index (χ0n) is 20.0. The maximum Gasteiger partial charge on any atom is 0.499 e. The van der Waals surface area contributed by atoms with Gasteiger partial charge in [0.15, 0.2) is 5.75 Å². The number of aromatic nitrogens is 1. The van der Waals surface area contributed by atoms with Crippen LogP contribution in [0.1, 0.15) is 16.8 Å². The summed E-state index contributed by atoms with van der Waals surface area (Å²) < 4.78 is 87.2. The molecular formula is C25H24F6N4O3. The first-order valence-corrected chi connectivity index (χ1v) is 11.7. The lowest BCUT2D eigenvalue weighted by atomic mass is 10.1. The predicted octanol–water partition coefficient (Wildman–Crippen LogP) is 4.96. The number of rotatable bonds is 9. The maximum absolute atomic E-state index is 13.6. The standard InChI is InChI=1S/C25H24F6N4O3/c26-18-7-8-20(21(15-18)38-25(30,31)24(27,28)29)35-13-11-34(12-14-35)10-4-9-32-23(36)19-16-37-33-22(19)17-5-2-1-3-6-17/h1-3,5-8,15-16H,4,9-14H2,(H,32,36). The highest BCUT2D eigenvalue weighted by atomic mass is 19.4. The molecular weight excluding hydrogens is 518 g/mol. The topological polar surface area (TPSA) is 70.8 Å². The van der Waals surface area contributed by atoms with Crippen molar-refractivity contribution >= 4 is 11.6 Å². The molecule has 204 valence electrons. The van der Waals surface area contributed by atoms with Crippen LogP contribution in [0.2, 0.25) is 0 Å². The lowest BCUT2D eigenvalue weighted by molar-refractivity contribution is -0.360. The summed E-state index contributed by atoms with van der Waals surface area (Å²) in [6, 6.07) is 11.7. The first-order chi connectivity index (χ1) is 18.0. The predicted molar refractivity (Wildman–Crippen MR) is 126 cm³/mol. The molecule has 1 amide bonds. The Hall–Kier alpha value is -3.74. The van der Waals surface area contributed by atoms with E-state index in [0.29, 0.717) is 63.0 Å². The Balaban J connectivity index is 1.26. The Bertz CT molecular complexity index is 1230. The SMILES string of the molecule is O=C(NCCCN1CCN(c2ccc(F)cc2OC(F)(F)C(F)(F)F)CC1)c1conc1-c1ccccc1. The van der Waals surface area contributed by atoms with Gasteiger partial charge in [-0.25, -0.2) is 4.39 Å². The van der Waals surface area contributed by atoms with Crippen LogP contribution in [0.3, 0.4) is 0 Å². The van der Waals surface area contributed by atoms with Crippen LogP contribution >= 0.6 is 0 Å². The van der Waals surface area contributed by atoms with Crippen molar-refractivity contribution in [3.8, 4) is 17.0 Å². The highest BCUT2D eigenvalue weighted by molar-refractivity contribution is 5.99. The second kappa shape index (κ2) is 11.3. The molecule has 0 unspecified atom stereocenters. The fourth-order valence-electron chi connectivity index (χ4n) is 4.04. The minimum atomic E-state index is -5.94. The third kappa shape index (κ3) is 6.39. The minimum absolute atomic E-state index is 0.0508. The molecule has 3 aromatic rings. The lowest BCUT2D eigenvalue weighted by Crippen LogP contribution is -2.47. The van der Waals surface area contributed by atoms with Crippen molar-refractivity contribution in [3.05, 3.63) is 66.2 Å². The van der Waals surface area contributed by atoms with E-state index >= 15 is 0 Å². The number of halogens is 6. The van der Waals surface area contributed by atoms with E-state index < -0.39 is 23.9 Å². The molecule has 1 aliphatic heterocycles. The fraction of sp³-hybridized carbons (Fsp3) is 0.360. The molecule has 0 spiro atoms. The monoisotopic (exact) mass is 542 g/mol. The highest BCUT2D eigenvalue weighted by Crippen LogP contribution is 2.41. The van der Waals surface area contributed by atoms with Crippen molar-refractivity contribution < 1.29 is 40.4 Å². The maximum atomic E-state index is 13.6. The van der Waals surface area contributed by atoms with Crippen molar-refractivity contribution in [3.63, 3.8) is 0 Å². The van der Waals surface area contributed by atoms with Crippen LogP contribution in [0.4, 0.5) is 32.0 Å². The van der Waals surface area contributed by atoms with Crippen molar-refractivity contribution in [2.24, 2.45) is 0 Å². The Labute approximate surface area is 213 Å². The van der Waals surface area contributed by atoms with Crippen molar-refractivity contribution in [2.45, 2.75) is 18.7 Å². The summed E-state index contributed by atoms with van der Waals surface area (Å²) in [6.45, 7) is 2.54.